The number of nitrogens with two attached hydrogens (primary N) is 1. The minimum absolute atomic E-state index is 0.302. The van der Waals surface area contributed by atoms with Crippen molar-refractivity contribution in [2.45, 2.75) is 31.9 Å². The highest BCUT2D eigenvalue weighted by Gasteiger charge is 2.19. The molecule has 0 saturated carbocycles. The summed E-state index contributed by atoms with van der Waals surface area (Å²) in [6, 6.07) is 5.38. The van der Waals surface area contributed by atoms with E-state index in [1.54, 1.807) is 16.8 Å². The molecule has 1 aliphatic heterocycles. The van der Waals surface area contributed by atoms with Crippen molar-refractivity contribution in [3.8, 4) is 11.4 Å². The average Bonchev–Trinajstić information content (AvgIpc) is 3.07. The van der Waals surface area contributed by atoms with Crippen LogP contribution in [0, 0.1) is 0 Å². The second-order valence-electron chi connectivity index (χ2n) is 4.85. The first-order chi connectivity index (χ1) is 9.75. The van der Waals surface area contributed by atoms with Crippen LogP contribution in [-0.2, 0) is 11.3 Å². The molecule has 2 aromatic rings. The van der Waals surface area contributed by atoms with Gasteiger partial charge in [-0.15, -0.1) is 5.10 Å². The van der Waals surface area contributed by atoms with Gasteiger partial charge in [0.25, 0.3) is 0 Å². The zero-order chi connectivity index (χ0) is 13.9. The van der Waals surface area contributed by atoms with Gasteiger partial charge < -0.3 is 10.5 Å². The summed E-state index contributed by atoms with van der Waals surface area (Å²) in [5.41, 5.74) is 7.24. The van der Waals surface area contributed by atoms with Crippen LogP contribution in [0.1, 0.15) is 19.3 Å². The van der Waals surface area contributed by atoms with Crippen LogP contribution in [0.4, 0.5) is 5.69 Å². The predicted molar refractivity (Wildman–Crippen MR) is 76.3 cm³/mol. The number of aromatic nitrogens is 4. The maximum Gasteiger partial charge on any atom is 0.185 e. The molecule has 7 heteroatoms. The van der Waals surface area contributed by atoms with Crippen LogP contribution >= 0.6 is 11.6 Å². The molecule has 0 amide bonds. The van der Waals surface area contributed by atoms with Gasteiger partial charge >= 0.3 is 0 Å². The summed E-state index contributed by atoms with van der Waals surface area (Å²) in [6.45, 7) is 1.54. The summed E-state index contributed by atoms with van der Waals surface area (Å²) in [7, 11) is 0. The highest BCUT2D eigenvalue weighted by atomic mass is 35.5. The quantitative estimate of drug-likeness (QED) is 0.874. The van der Waals surface area contributed by atoms with E-state index in [2.05, 4.69) is 15.5 Å². The third-order valence-electron chi connectivity index (χ3n) is 3.49. The Bertz CT molecular complexity index is 574. The Labute approximate surface area is 121 Å². The van der Waals surface area contributed by atoms with Crippen LogP contribution < -0.4 is 5.73 Å². The van der Waals surface area contributed by atoms with E-state index in [-0.39, 0.29) is 0 Å². The molecule has 2 N–H and O–H groups in total. The third kappa shape index (κ3) is 2.62. The van der Waals surface area contributed by atoms with E-state index >= 15 is 0 Å². The zero-order valence-corrected chi connectivity index (χ0v) is 11.8. The number of anilines is 1. The monoisotopic (exact) mass is 293 g/mol. The SMILES string of the molecule is Nc1cccc(Cl)c1-c1nnnn1CCC1CCCO1. The van der Waals surface area contributed by atoms with Crippen molar-refractivity contribution in [2.24, 2.45) is 0 Å². The molecule has 0 bridgehead atoms. The van der Waals surface area contributed by atoms with Crippen molar-refractivity contribution in [2.75, 3.05) is 12.3 Å². The second-order valence-corrected chi connectivity index (χ2v) is 5.26. The van der Waals surface area contributed by atoms with Gasteiger partial charge in [-0.1, -0.05) is 17.7 Å². The predicted octanol–water partition coefficient (Wildman–Crippen LogP) is 2.14. The molecule has 1 fully saturated rings. The lowest BCUT2D eigenvalue weighted by Crippen LogP contribution is -2.12. The molecule has 1 aliphatic rings. The number of nitrogen functional groups attached to an aromatic ring is 1. The van der Waals surface area contributed by atoms with Gasteiger partial charge in [-0.05, 0) is 41.8 Å². The van der Waals surface area contributed by atoms with E-state index in [9.17, 15) is 0 Å². The van der Waals surface area contributed by atoms with Crippen LogP contribution in [0.3, 0.4) is 0 Å². The lowest BCUT2D eigenvalue weighted by Gasteiger charge is -2.11. The molecule has 1 unspecified atom stereocenters. The van der Waals surface area contributed by atoms with Crippen molar-refractivity contribution in [1.29, 1.82) is 0 Å². The summed E-state index contributed by atoms with van der Waals surface area (Å²) in [6.07, 6.45) is 3.43. The minimum Gasteiger partial charge on any atom is -0.398 e. The van der Waals surface area contributed by atoms with Gasteiger partial charge in [0.15, 0.2) is 5.82 Å². The van der Waals surface area contributed by atoms with Crippen molar-refractivity contribution in [3.05, 3.63) is 23.2 Å². The molecular weight excluding hydrogens is 278 g/mol. The molecule has 3 rings (SSSR count). The number of rotatable bonds is 4. The number of hydrogen-bond acceptors (Lipinski definition) is 5. The Balaban J connectivity index is 1.82. The fourth-order valence-corrected chi connectivity index (χ4v) is 2.72. The van der Waals surface area contributed by atoms with Gasteiger partial charge in [0.05, 0.1) is 16.7 Å². The maximum absolute atomic E-state index is 6.21. The number of ether oxygens (including phenoxy) is 1. The van der Waals surface area contributed by atoms with E-state index in [1.165, 1.54) is 0 Å². The highest BCUT2D eigenvalue weighted by molar-refractivity contribution is 6.33. The fraction of sp³-hybridized carbons (Fsp3) is 0.462. The third-order valence-corrected chi connectivity index (χ3v) is 3.80. The van der Waals surface area contributed by atoms with Gasteiger partial charge in [-0.3, -0.25) is 0 Å². The molecule has 1 aromatic carbocycles. The minimum atomic E-state index is 0.302. The summed E-state index contributed by atoms with van der Waals surface area (Å²) in [5.74, 6) is 0.603. The van der Waals surface area contributed by atoms with E-state index in [4.69, 9.17) is 22.1 Å². The largest absolute Gasteiger partial charge is 0.398 e. The molecule has 2 heterocycles. The molecule has 0 radical (unpaired) electrons. The number of nitrogens with zero attached hydrogens (tertiary/aromatic N) is 4. The molecule has 0 spiro atoms. The smallest absolute Gasteiger partial charge is 0.185 e. The Hall–Kier alpha value is -1.66. The van der Waals surface area contributed by atoms with Crippen LogP contribution in [0.25, 0.3) is 11.4 Å². The normalized spacial score (nSPS) is 18.6. The van der Waals surface area contributed by atoms with Gasteiger partial charge in [0, 0.05) is 18.8 Å². The molecule has 1 atom stereocenters. The van der Waals surface area contributed by atoms with Crippen LogP contribution in [0.15, 0.2) is 18.2 Å². The second kappa shape index (κ2) is 5.76. The van der Waals surface area contributed by atoms with E-state index in [1.807, 2.05) is 6.07 Å². The first-order valence-electron chi connectivity index (χ1n) is 6.68. The average molecular weight is 294 g/mol. The van der Waals surface area contributed by atoms with Gasteiger partial charge in [0.2, 0.25) is 0 Å². The highest BCUT2D eigenvalue weighted by Crippen LogP contribution is 2.31. The van der Waals surface area contributed by atoms with Gasteiger partial charge in [-0.25, -0.2) is 4.68 Å². The molecule has 1 aromatic heterocycles. The summed E-state index contributed by atoms with van der Waals surface area (Å²) in [4.78, 5) is 0. The Kier molecular flexibility index (Phi) is 3.84. The lowest BCUT2D eigenvalue weighted by atomic mass is 10.1. The number of halogens is 1. The van der Waals surface area contributed by atoms with Crippen molar-refractivity contribution in [3.63, 3.8) is 0 Å². The molecule has 106 valence electrons. The van der Waals surface area contributed by atoms with Crippen molar-refractivity contribution in [1.82, 2.24) is 20.2 Å². The fourth-order valence-electron chi connectivity index (χ4n) is 2.45. The van der Waals surface area contributed by atoms with Crippen LogP contribution in [-0.4, -0.2) is 32.9 Å². The number of benzene rings is 1. The number of tetrazole rings is 1. The van der Waals surface area contributed by atoms with E-state index in [0.29, 0.717) is 34.7 Å². The summed E-state index contributed by atoms with van der Waals surface area (Å²) in [5, 5.41) is 12.4. The number of hydrogen-bond donors (Lipinski definition) is 1. The van der Waals surface area contributed by atoms with Crippen molar-refractivity contribution >= 4 is 17.3 Å². The lowest BCUT2D eigenvalue weighted by molar-refractivity contribution is 0.0994. The Morgan fingerprint density at radius 3 is 3.10 bits per heavy atom. The van der Waals surface area contributed by atoms with E-state index < -0.39 is 0 Å². The first-order valence-corrected chi connectivity index (χ1v) is 7.05. The standard InChI is InChI=1S/C13H16ClN5O/c14-10-4-1-5-11(15)12(10)13-16-17-18-19(13)7-6-9-3-2-8-20-9/h1,4-5,9H,2-3,6-8,15H2. The van der Waals surface area contributed by atoms with Crippen molar-refractivity contribution < 1.29 is 4.74 Å². The van der Waals surface area contributed by atoms with E-state index in [0.717, 1.165) is 25.9 Å². The molecule has 20 heavy (non-hydrogen) atoms. The van der Waals surface area contributed by atoms with Crippen LogP contribution in [0.2, 0.25) is 5.02 Å². The zero-order valence-electron chi connectivity index (χ0n) is 11.0. The molecule has 1 saturated heterocycles. The first kappa shape index (κ1) is 13.3. The summed E-state index contributed by atoms with van der Waals surface area (Å²) >= 11 is 6.21. The molecule has 0 aliphatic carbocycles. The Morgan fingerprint density at radius 2 is 2.35 bits per heavy atom. The topological polar surface area (TPSA) is 78.9 Å². The Morgan fingerprint density at radius 1 is 1.45 bits per heavy atom. The molecule has 6 nitrogen and oxygen atoms in total. The van der Waals surface area contributed by atoms with Crippen LogP contribution in [0.5, 0.6) is 0 Å². The summed E-state index contributed by atoms with van der Waals surface area (Å²) < 4.78 is 7.35. The van der Waals surface area contributed by atoms with Gasteiger partial charge in [0.1, 0.15) is 0 Å². The number of aryl methyl sites for hydroxylation is 1. The maximum atomic E-state index is 6.21. The molecular formula is C13H16ClN5O. The van der Waals surface area contributed by atoms with Gasteiger partial charge in [-0.2, -0.15) is 0 Å².